The van der Waals surface area contributed by atoms with Crippen molar-refractivity contribution in [2.24, 2.45) is 0 Å². The second-order valence-electron chi connectivity index (χ2n) is 6.65. The zero-order valence-corrected chi connectivity index (χ0v) is 18.4. The van der Waals surface area contributed by atoms with Gasteiger partial charge in [0.25, 0.3) is 0 Å². The highest BCUT2D eigenvalue weighted by atomic mass is 35.5. The van der Waals surface area contributed by atoms with Crippen LogP contribution in [0.5, 0.6) is 5.75 Å². The van der Waals surface area contributed by atoms with Gasteiger partial charge in [-0.1, -0.05) is 53.7 Å². The van der Waals surface area contributed by atoms with Crippen molar-refractivity contribution in [1.82, 2.24) is 14.8 Å². The molecular formula is C24H20ClN3O2S. The summed E-state index contributed by atoms with van der Waals surface area (Å²) in [4.78, 5) is 12.7. The van der Waals surface area contributed by atoms with Gasteiger partial charge in [0.15, 0.2) is 16.8 Å². The van der Waals surface area contributed by atoms with Gasteiger partial charge in [-0.3, -0.25) is 9.36 Å². The molecule has 0 aliphatic carbocycles. The van der Waals surface area contributed by atoms with Crippen LogP contribution in [0.3, 0.4) is 0 Å². The van der Waals surface area contributed by atoms with Crippen molar-refractivity contribution in [2.75, 3.05) is 12.4 Å². The first-order valence-corrected chi connectivity index (χ1v) is 11.2. The number of benzene rings is 3. The number of nitrogens with zero attached hydrogens (tertiary/aromatic N) is 3. The van der Waals surface area contributed by atoms with Gasteiger partial charge in [-0.05, 0) is 55.5 Å². The Morgan fingerprint density at radius 1 is 0.968 bits per heavy atom. The van der Waals surface area contributed by atoms with Crippen LogP contribution in [0.2, 0.25) is 5.02 Å². The molecule has 4 aromatic rings. The van der Waals surface area contributed by atoms with Crippen molar-refractivity contribution in [1.29, 1.82) is 0 Å². The van der Waals surface area contributed by atoms with Gasteiger partial charge in [0, 0.05) is 21.8 Å². The lowest BCUT2D eigenvalue weighted by Crippen LogP contribution is -2.05. The summed E-state index contributed by atoms with van der Waals surface area (Å²) in [6.45, 7) is 2.52. The Kier molecular flexibility index (Phi) is 6.70. The number of aromatic nitrogens is 3. The number of carbonyl (C=O) groups excluding carboxylic acids is 1. The molecule has 5 nitrogen and oxygen atoms in total. The van der Waals surface area contributed by atoms with E-state index in [4.69, 9.17) is 16.3 Å². The maximum atomic E-state index is 12.7. The summed E-state index contributed by atoms with van der Waals surface area (Å²) in [5.74, 6) is 1.72. The molecule has 0 saturated carbocycles. The highest BCUT2D eigenvalue weighted by molar-refractivity contribution is 7.99. The number of hydrogen-bond acceptors (Lipinski definition) is 5. The van der Waals surface area contributed by atoms with Crippen molar-refractivity contribution >= 4 is 29.1 Å². The van der Waals surface area contributed by atoms with E-state index in [9.17, 15) is 4.79 Å². The minimum absolute atomic E-state index is 0.0139. The number of thioether (sulfide) groups is 1. The Labute approximate surface area is 190 Å². The smallest absolute Gasteiger partial charge is 0.196 e. The molecule has 7 heteroatoms. The standard InChI is InChI=1S/C24H20ClN3O2S/c1-2-30-21-14-8-17(9-15-21)22(29)16-31-24-27-26-23(18-6-4-3-5-7-18)28(24)20-12-10-19(25)11-13-20/h3-15H,2,16H2,1H3. The molecule has 1 heterocycles. The molecule has 1 aromatic heterocycles. The van der Waals surface area contributed by atoms with Gasteiger partial charge >= 0.3 is 0 Å². The van der Waals surface area contributed by atoms with Gasteiger partial charge in [0.1, 0.15) is 5.75 Å². The van der Waals surface area contributed by atoms with E-state index in [1.807, 2.05) is 78.2 Å². The summed E-state index contributed by atoms with van der Waals surface area (Å²) in [7, 11) is 0. The summed E-state index contributed by atoms with van der Waals surface area (Å²) in [5.41, 5.74) is 2.45. The van der Waals surface area contributed by atoms with Crippen LogP contribution in [0.4, 0.5) is 0 Å². The number of ether oxygens (including phenoxy) is 1. The lowest BCUT2D eigenvalue weighted by Gasteiger charge is -2.10. The molecule has 0 radical (unpaired) electrons. The average Bonchev–Trinajstić information content (AvgIpc) is 3.23. The van der Waals surface area contributed by atoms with Crippen molar-refractivity contribution in [3.8, 4) is 22.8 Å². The SMILES string of the molecule is CCOc1ccc(C(=O)CSc2nnc(-c3ccccc3)n2-c2ccc(Cl)cc2)cc1. The number of hydrogen-bond donors (Lipinski definition) is 0. The Morgan fingerprint density at radius 3 is 2.35 bits per heavy atom. The fourth-order valence-corrected chi connectivity index (χ4v) is 4.05. The summed E-state index contributed by atoms with van der Waals surface area (Å²) in [6.07, 6.45) is 0. The fourth-order valence-electron chi connectivity index (χ4n) is 3.08. The molecule has 0 spiro atoms. The summed E-state index contributed by atoms with van der Waals surface area (Å²) >= 11 is 7.43. The second-order valence-corrected chi connectivity index (χ2v) is 8.03. The van der Waals surface area contributed by atoms with Crippen molar-refractivity contribution in [2.45, 2.75) is 12.1 Å². The van der Waals surface area contributed by atoms with Crippen LogP contribution in [0.25, 0.3) is 17.1 Å². The van der Waals surface area contributed by atoms with E-state index in [1.54, 1.807) is 12.1 Å². The molecular weight excluding hydrogens is 430 g/mol. The molecule has 0 N–H and O–H groups in total. The zero-order chi connectivity index (χ0) is 21.6. The monoisotopic (exact) mass is 449 g/mol. The quantitative estimate of drug-likeness (QED) is 0.245. The number of carbonyl (C=O) groups is 1. The topological polar surface area (TPSA) is 57.0 Å². The molecule has 0 aliphatic rings. The minimum Gasteiger partial charge on any atom is -0.494 e. The Morgan fingerprint density at radius 2 is 1.68 bits per heavy atom. The van der Waals surface area contributed by atoms with Crippen molar-refractivity contribution in [3.05, 3.63) is 89.4 Å². The first kappa shape index (κ1) is 21.2. The van der Waals surface area contributed by atoms with Crippen LogP contribution in [-0.4, -0.2) is 32.9 Å². The maximum Gasteiger partial charge on any atom is 0.196 e. The van der Waals surface area contributed by atoms with Crippen molar-refractivity contribution < 1.29 is 9.53 Å². The van der Waals surface area contributed by atoms with Gasteiger partial charge in [-0.15, -0.1) is 10.2 Å². The van der Waals surface area contributed by atoms with E-state index in [2.05, 4.69) is 10.2 Å². The van der Waals surface area contributed by atoms with E-state index in [1.165, 1.54) is 11.8 Å². The highest BCUT2D eigenvalue weighted by Gasteiger charge is 2.17. The van der Waals surface area contributed by atoms with Gasteiger partial charge in [0.05, 0.1) is 12.4 Å². The molecule has 0 saturated heterocycles. The molecule has 31 heavy (non-hydrogen) atoms. The molecule has 0 aliphatic heterocycles. The van der Waals surface area contributed by atoms with E-state index in [0.29, 0.717) is 28.2 Å². The van der Waals surface area contributed by atoms with Crippen LogP contribution >= 0.6 is 23.4 Å². The van der Waals surface area contributed by atoms with E-state index >= 15 is 0 Å². The zero-order valence-electron chi connectivity index (χ0n) is 16.9. The lowest BCUT2D eigenvalue weighted by atomic mass is 10.1. The molecule has 0 amide bonds. The first-order valence-electron chi connectivity index (χ1n) is 9.81. The predicted molar refractivity (Wildman–Crippen MR) is 124 cm³/mol. The van der Waals surface area contributed by atoms with Crippen LogP contribution in [0.1, 0.15) is 17.3 Å². The van der Waals surface area contributed by atoms with E-state index < -0.39 is 0 Å². The number of rotatable bonds is 8. The third-order valence-electron chi connectivity index (χ3n) is 4.57. The van der Waals surface area contributed by atoms with Gasteiger partial charge in [-0.2, -0.15) is 0 Å². The van der Waals surface area contributed by atoms with Gasteiger partial charge in [-0.25, -0.2) is 0 Å². The molecule has 0 bridgehead atoms. The van der Waals surface area contributed by atoms with Gasteiger partial charge < -0.3 is 4.74 Å². The molecule has 0 fully saturated rings. The normalized spacial score (nSPS) is 10.8. The summed E-state index contributed by atoms with van der Waals surface area (Å²) in [5, 5.41) is 10.1. The molecule has 0 atom stereocenters. The minimum atomic E-state index is 0.0139. The number of ketones is 1. The first-order chi connectivity index (χ1) is 15.2. The molecule has 0 unspecified atom stereocenters. The summed E-state index contributed by atoms with van der Waals surface area (Å²) < 4.78 is 7.39. The largest absolute Gasteiger partial charge is 0.494 e. The van der Waals surface area contributed by atoms with E-state index in [0.717, 1.165) is 17.0 Å². The highest BCUT2D eigenvalue weighted by Crippen LogP contribution is 2.29. The third-order valence-corrected chi connectivity index (χ3v) is 5.75. The molecule has 3 aromatic carbocycles. The maximum absolute atomic E-state index is 12.7. The second kappa shape index (κ2) is 9.81. The van der Waals surface area contributed by atoms with Gasteiger partial charge in [0.2, 0.25) is 0 Å². The van der Waals surface area contributed by atoms with E-state index in [-0.39, 0.29) is 11.5 Å². The predicted octanol–water partition coefficient (Wildman–Crippen LogP) is 5.96. The Balaban J connectivity index is 1.60. The third kappa shape index (κ3) is 4.98. The Bertz CT molecular complexity index is 1160. The van der Waals surface area contributed by atoms with Crippen LogP contribution < -0.4 is 4.74 Å². The summed E-state index contributed by atoms with van der Waals surface area (Å²) in [6, 6.07) is 24.5. The Hall–Kier alpha value is -3.09. The average molecular weight is 450 g/mol. The van der Waals surface area contributed by atoms with Crippen LogP contribution in [-0.2, 0) is 0 Å². The molecule has 156 valence electrons. The number of halogens is 1. The lowest BCUT2D eigenvalue weighted by molar-refractivity contribution is 0.102. The van der Waals surface area contributed by atoms with Crippen LogP contribution in [0.15, 0.2) is 84.0 Å². The number of Topliss-reactive ketones (excluding diaryl/α,β-unsaturated/α-hetero) is 1. The van der Waals surface area contributed by atoms with Crippen LogP contribution in [0, 0.1) is 0 Å². The molecule has 4 rings (SSSR count). The fraction of sp³-hybridized carbons (Fsp3) is 0.125. The van der Waals surface area contributed by atoms with Crippen molar-refractivity contribution in [3.63, 3.8) is 0 Å².